The first-order valence-corrected chi connectivity index (χ1v) is 10.6. The van der Waals surface area contributed by atoms with E-state index in [1.807, 2.05) is 44.7 Å². The van der Waals surface area contributed by atoms with Gasteiger partial charge >= 0.3 is 0 Å². The fraction of sp³-hybridized carbons (Fsp3) is 0.364. The topological polar surface area (TPSA) is 94.4 Å². The third-order valence-electron chi connectivity index (χ3n) is 5.94. The minimum Gasteiger partial charge on any atom is -0.368 e. The molecule has 160 valence electrons. The van der Waals surface area contributed by atoms with Crippen molar-refractivity contribution in [2.75, 3.05) is 43.4 Å². The van der Waals surface area contributed by atoms with Gasteiger partial charge in [-0.2, -0.15) is 9.61 Å². The lowest BCUT2D eigenvalue weighted by atomic mass is 10.1. The Labute approximate surface area is 179 Å². The van der Waals surface area contributed by atoms with Gasteiger partial charge in [-0.25, -0.2) is 4.98 Å². The molecule has 4 aromatic heterocycles. The van der Waals surface area contributed by atoms with Crippen LogP contribution in [0.4, 0.5) is 11.6 Å². The molecule has 1 aliphatic heterocycles. The highest BCUT2D eigenvalue weighted by Gasteiger charge is 2.19. The van der Waals surface area contributed by atoms with Crippen molar-refractivity contribution in [2.24, 2.45) is 0 Å². The molecule has 0 saturated carbocycles. The van der Waals surface area contributed by atoms with Crippen LogP contribution in [0.2, 0.25) is 0 Å². The Kier molecular flexibility index (Phi) is 5.03. The van der Waals surface area contributed by atoms with E-state index in [1.165, 1.54) is 0 Å². The van der Waals surface area contributed by atoms with Crippen molar-refractivity contribution in [3.63, 3.8) is 0 Å². The van der Waals surface area contributed by atoms with Gasteiger partial charge in [0, 0.05) is 51.5 Å². The lowest BCUT2D eigenvalue weighted by Gasteiger charge is -2.35. The number of aromatic nitrogens is 5. The quantitative estimate of drug-likeness (QED) is 0.511. The zero-order valence-electron chi connectivity index (χ0n) is 17.8. The Balaban J connectivity index is 1.26. The number of nitrogens with one attached hydrogen (secondary N) is 2. The van der Waals surface area contributed by atoms with Crippen LogP contribution in [-0.2, 0) is 13.0 Å². The lowest BCUT2D eigenvalue weighted by Crippen LogP contribution is -2.46. The average Bonchev–Trinajstić information content (AvgIpc) is 3.21. The van der Waals surface area contributed by atoms with Gasteiger partial charge in [0.25, 0.3) is 5.56 Å². The molecule has 0 amide bonds. The van der Waals surface area contributed by atoms with E-state index in [1.54, 1.807) is 4.52 Å². The molecule has 0 aromatic carbocycles. The summed E-state index contributed by atoms with van der Waals surface area (Å²) < 4.78 is 1.81. The largest absolute Gasteiger partial charge is 0.368 e. The number of nitrogens with zero attached hydrogens (tertiary/aromatic N) is 6. The third kappa shape index (κ3) is 3.72. The summed E-state index contributed by atoms with van der Waals surface area (Å²) >= 11 is 0. The number of piperazine rings is 1. The maximum atomic E-state index is 12.1. The number of H-pyrrole nitrogens is 1. The maximum absolute atomic E-state index is 12.1. The molecule has 0 spiro atoms. The number of hydrogen-bond donors (Lipinski definition) is 2. The van der Waals surface area contributed by atoms with Crippen molar-refractivity contribution in [2.45, 2.75) is 19.9 Å². The van der Waals surface area contributed by atoms with Gasteiger partial charge in [-0.3, -0.25) is 14.7 Å². The highest BCUT2D eigenvalue weighted by Crippen LogP contribution is 2.20. The molecule has 5 rings (SSSR count). The van der Waals surface area contributed by atoms with E-state index in [-0.39, 0.29) is 5.56 Å². The second-order valence-electron chi connectivity index (χ2n) is 7.90. The highest BCUT2D eigenvalue weighted by atomic mass is 16.1. The van der Waals surface area contributed by atoms with E-state index < -0.39 is 0 Å². The number of pyridine rings is 2. The average molecular weight is 419 g/mol. The van der Waals surface area contributed by atoms with Crippen LogP contribution < -0.4 is 15.8 Å². The van der Waals surface area contributed by atoms with E-state index in [4.69, 9.17) is 0 Å². The first kappa shape index (κ1) is 19.5. The van der Waals surface area contributed by atoms with Gasteiger partial charge in [0.2, 0.25) is 5.95 Å². The molecule has 0 unspecified atom stereocenters. The zero-order valence-corrected chi connectivity index (χ0v) is 17.8. The molecule has 0 atom stereocenters. The number of imidazole rings is 1. The Hall–Kier alpha value is -3.46. The van der Waals surface area contributed by atoms with Crippen molar-refractivity contribution in [3.8, 4) is 0 Å². The number of aromatic amines is 1. The fourth-order valence-corrected chi connectivity index (χ4v) is 4.17. The molecule has 31 heavy (non-hydrogen) atoms. The van der Waals surface area contributed by atoms with E-state index in [2.05, 4.69) is 41.2 Å². The van der Waals surface area contributed by atoms with E-state index in [0.29, 0.717) is 6.42 Å². The molecule has 5 heterocycles. The first-order chi connectivity index (χ1) is 15.1. The van der Waals surface area contributed by atoms with E-state index in [0.717, 1.165) is 72.0 Å². The van der Waals surface area contributed by atoms with Crippen molar-refractivity contribution in [1.29, 1.82) is 0 Å². The van der Waals surface area contributed by atoms with Crippen molar-refractivity contribution >= 4 is 28.2 Å². The predicted octanol–water partition coefficient (Wildman–Crippen LogP) is 1.89. The minimum atomic E-state index is -0.0202. The molecular formula is C22H26N8O. The molecule has 0 aliphatic carbocycles. The van der Waals surface area contributed by atoms with Gasteiger partial charge in [0.1, 0.15) is 0 Å². The fourth-order valence-electron chi connectivity index (χ4n) is 4.17. The molecule has 1 fully saturated rings. The smallest absolute Gasteiger partial charge is 0.251 e. The summed E-state index contributed by atoms with van der Waals surface area (Å²) in [4.78, 5) is 28.8. The zero-order chi connectivity index (χ0) is 21.4. The monoisotopic (exact) mass is 418 g/mol. The Morgan fingerprint density at radius 2 is 1.90 bits per heavy atom. The van der Waals surface area contributed by atoms with Crippen LogP contribution in [0.15, 0.2) is 41.6 Å². The standard InChI is InChI=1S/C22H26N8O/c1-3-16-9-19-20(27-21(16)31)8-15(11-24-19)14-28-4-6-29(7-5-28)17-10-18-12-25-22(23-2)30(18)26-13-17/h8-13H,3-7,14H2,1-2H3,(H,23,25)(H,27,31). The third-order valence-corrected chi connectivity index (χ3v) is 5.94. The number of fused-ring (bicyclic) bond motifs is 2. The summed E-state index contributed by atoms with van der Waals surface area (Å²) in [5.74, 6) is 0.739. The highest BCUT2D eigenvalue weighted by molar-refractivity contribution is 5.74. The summed E-state index contributed by atoms with van der Waals surface area (Å²) in [5.41, 5.74) is 5.61. The molecule has 1 aliphatic rings. The van der Waals surface area contributed by atoms with Gasteiger partial charge < -0.3 is 15.2 Å². The van der Waals surface area contributed by atoms with Crippen LogP contribution in [0.3, 0.4) is 0 Å². The van der Waals surface area contributed by atoms with Crippen molar-refractivity contribution in [3.05, 3.63) is 58.3 Å². The molecule has 1 saturated heterocycles. The molecule has 4 aromatic rings. The molecule has 9 nitrogen and oxygen atoms in total. The Bertz CT molecular complexity index is 1290. The minimum absolute atomic E-state index is 0.0202. The normalized spacial score (nSPS) is 15.1. The number of hydrogen-bond acceptors (Lipinski definition) is 7. The second kappa shape index (κ2) is 7.99. The van der Waals surface area contributed by atoms with Gasteiger partial charge in [0.15, 0.2) is 0 Å². The molecular weight excluding hydrogens is 392 g/mol. The Morgan fingerprint density at radius 1 is 1.06 bits per heavy atom. The van der Waals surface area contributed by atoms with Gasteiger partial charge in [0.05, 0.1) is 34.6 Å². The van der Waals surface area contributed by atoms with Gasteiger partial charge in [-0.05, 0) is 30.2 Å². The molecule has 9 heteroatoms. The first-order valence-electron chi connectivity index (χ1n) is 10.6. The summed E-state index contributed by atoms with van der Waals surface area (Å²) in [7, 11) is 1.84. The predicted molar refractivity (Wildman–Crippen MR) is 122 cm³/mol. The number of anilines is 2. The Morgan fingerprint density at radius 3 is 2.68 bits per heavy atom. The number of rotatable bonds is 5. The van der Waals surface area contributed by atoms with E-state index >= 15 is 0 Å². The van der Waals surface area contributed by atoms with Crippen LogP contribution in [0.5, 0.6) is 0 Å². The van der Waals surface area contributed by atoms with Crippen LogP contribution in [-0.4, -0.2) is 62.7 Å². The van der Waals surface area contributed by atoms with Gasteiger partial charge in [-0.1, -0.05) is 6.92 Å². The lowest BCUT2D eigenvalue weighted by molar-refractivity contribution is 0.249. The summed E-state index contributed by atoms with van der Waals surface area (Å²) in [6.45, 7) is 6.57. The van der Waals surface area contributed by atoms with Crippen LogP contribution in [0.25, 0.3) is 16.6 Å². The van der Waals surface area contributed by atoms with Crippen LogP contribution in [0, 0.1) is 0 Å². The van der Waals surface area contributed by atoms with Gasteiger partial charge in [-0.15, -0.1) is 0 Å². The molecule has 2 N–H and O–H groups in total. The van der Waals surface area contributed by atoms with Crippen LogP contribution >= 0.6 is 0 Å². The molecule has 0 radical (unpaired) electrons. The number of aryl methyl sites for hydroxylation is 1. The summed E-state index contributed by atoms with van der Waals surface area (Å²) in [6.07, 6.45) is 6.36. The summed E-state index contributed by atoms with van der Waals surface area (Å²) in [5, 5.41) is 7.56. The molecule has 0 bridgehead atoms. The van der Waals surface area contributed by atoms with Crippen molar-refractivity contribution < 1.29 is 0 Å². The maximum Gasteiger partial charge on any atom is 0.251 e. The van der Waals surface area contributed by atoms with Crippen molar-refractivity contribution in [1.82, 2.24) is 29.5 Å². The van der Waals surface area contributed by atoms with E-state index in [9.17, 15) is 4.79 Å². The second-order valence-corrected chi connectivity index (χ2v) is 7.90. The van der Waals surface area contributed by atoms with Crippen LogP contribution in [0.1, 0.15) is 18.1 Å². The summed E-state index contributed by atoms with van der Waals surface area (Å²) in [6, 6.07) is 6.07. The SMILES string of the molecule is CCc1cc2ncc(CN3CCN(c4cnn5c(NC)ncc5c4)CC3)cc2[nH]c1=O.